The van der Waals surface area contributed by atoms with Crippen LogP contribution in [-0.2, 0) is 14.3 Å². The minimum absolute atomic E-state index is 0.294. The van der Waals surface area contributed by atoms with Crippen LogP contribution in [0.15, 0.2) is 28.7 Å². The highest BCUT2D eigenvalue weighted by atomic mass is 79.9. The zero-order valence-electron chi connectivity index (χ0n) is 14.1. The predicted octanol–water partition coefficient (Wildman–Crippen LogP) is 3.10. The van der Waals surface area contributed by atoms with Crippen LogP contribution in [0.5, 0.6) is 5.75 Å². The van der Waals surface area contributed by atoms with E-state index in [2.05, 4.69) is 27.3 Å². The van der Waals surface area contributed by atoms with Gasteiger partial charge >= 0.3 is 5.97 Å². The van der Waals surface area contributed by atoms with Gasteiger partial charge in [0.05, 0.1) is 6.07 Å². The molecule has 0 spiro atoms. The van der Waals surface area contributed by atoms with Gasteiger partial charge in [0.2, 0.25) is 0 Å². The first-order valence-corrected chi connectivity index (χ1v) is 9.04. The SMILES string of the molecule is C[C@H](OC(=O)COc1cccc(Br)c1)C(=O)NC1(C#N)CCCCC1. The average molecular weight is 409 g/mol. The number of amides is 1. The first-order chi connectivity index (χ1) is 11.9. The van der Waals surface area contributed by atoms with Crippen LogP contribution >= 0.6 is 15.9 Å². The first-order valence-electron chi connectivity index (χ1n) is 8.25. The third-order valence-electron chi connectivity index (χ3n) is 4.11. The number of rotatable bonds is 6. The van der Waals surface area contributed by atoms with Crippen molar-refractivity contribution in [1.29, 1.82) is 5.26 Å². The number of esters is 1. The molecule has 2 rings (SSSR count). The van der Waals surface area contributed by atoms with Crippen molar-refractivity contribution in [3.8, 4) is 11.8 Å². The van der Waals surface area contributed by atoms with Crippen molar-refractivity contribution in [3.05, 3.63) is 28.7 Å². The number of ether oxygens (including phenoxy) is 2. The maximum atomic E-state index is 12.2. The highest BCUT2D eigenvalue weighted by Crippen LogP contribution is 2.27. The summed E-state index contributed by atoms with van der Waals surface area (Å²) in [7, 11) is 0. The molecule has 1 amide bonds. The van der Waals surface area contributed by atoms with Gasteiger partial charge in [-0.15, -0.1) is 0 Å². The van der Waals surface area contributed by atoms with Gasteiger partial charge in [0.1, 0.15) is 11.3 Å². The van der Waals surface area contributed by atoms with Crippen LogP contribution in [0.2, 0.25) is 0 Å². The van der Waals surface area contributed by atoms with Crippen molar-refractivity contribution < 1.29 is 19.1 Å². The summed E-state index contributed by atoms with van der Waals surface area (Å²) in [6.07, 6.45) is 3.15. The van der Waals surface area contributed by atoms with Gasteiger partial charge in [0, 0.05) is 4.47 Å². The second kappa shape index (κ2) is 8.86. The van der Waals surface area contributed by atoms with E-state index in [1.54, 1.807) is 18.2 Å². The van der Waals surface area contributed by atoms with Gasteiger partial charge in [0.15, 0.2) is 12.7 Å². The molecule has 1 aliphatic rings. The molecule has 0 unspecified atom stereocenters. The number of hydrogen-bond donors (Lipinski definition) is 1. The molecule has 1 aromatic rings. The monoisotopic (exact) mass is 408 g/mol. The van der Waals surface area contributed by atoms with Crippen molar-refractivity contribution in [2.45, 2.75) is 50.7 Å². The van der Waals surface area contributed by atoms with Crippen molar-refractivity contribution in [2.75, 3.05) is 6.61 Å². The normalized spacial score (nSPS) is 17.0. The highest BCUT2D eigenvalue weighted by molar-refractivity contribution is 9.10. The van der Waals surface area contributed by atoms with Crippen LogP contribution in [0.1, 0.15) is 39.0 Å². The van der Waals surface area contributed by atoms with E-state index >= 15 is 0 Å². The molecule has 0 radical (unpaired) electrons. The smallest absolute Gasteiger partial charge is 0.344 e. The van der Waals surface area contributed by atoms with Gasteiger partial charge in [-0.3, -0.25) is 4.79 Å². The quantitative estimate of drug-likeness (QED) is 0.730. The van der Waals surface area contributed by atoms with E-state index in [0.717, 1.165) is 23.7 Å². The highest BCUT2D eigenvalue weighted by Gasteiger charge is 2.35. The van der Waals surface area contributed by atoms with E-state index in [9.17, 15) is 14.9 Å². The minimum Gasteiger partial charge on any atom is -0.482 e. The van der Waals surface area contributed by atoms with Gasteiger partial charge in [-0.2, -0.15) is 5.26 Å². The van der Waals surface area contributed by atoms with Gasteiger partial charge < -0.3 is 14.8 Å². The fraction of sp³-hybridized carbons (Fsp3) is 0.500. The standard InChI is InChI=1S/C18H21BrN2O4/c1-13(17(23)21-18(12-20)8-3-2-4-9-18)25-16(22)11-24-15-7-5-6-14(19)10-15/h5-7,10,13H,2-4,8-9,11H2,1H3,(H,21,23)/t13-/m0/s1. The third-order valence-corrected chi connectivity index (χ3v) is 4.61. The molecule has 1 N–H and O–H groups in total. The minimum atomic E-state index is -0.981. The molecule has 0 saturated heterocycles. The molecule has 1 saturated carbocycles. The summed E-state index contributed by atoms with van der Waals surface area (Å²) in [5.41, 5.74) is -0.844. The molecule has 0 heterocycles. The third kappa shape index (κ3) is 5.75. The molecule has 0 aliphatic heterocycles. The lowest BCUT2D eigenvalue weighted by molar-refractivity contribution is -0.157. The lowest BCUT2D eigenvalue weighted by Crippen LogP contribution is -2.52. The van der Waals surface area contributed by atoms with Crippen LogP contribution < -0.4 is 10.1 Å². The number of hydrogen-bond acceptors (Lipinski definition) is 5. The average Bonchev–Trinajstić information content (AvgIpc) is 2.60. The zero-order valence-corrected chi connectivity index (χ0v) is 15.7. The Labute approximate surface area is 155 Å². The van der Waals surface area contributed by atoms with E-state index in [1.807, 2.05) is 6.07 Å². The molecule has 1 aromatic carbocycles. The number of carbonyl (C=O) groups is 2. The summed E-state index contributed by atoms with van der Waals surface area (Å²) in [5, 5.41) is 12.1. The van der Waals surface area contributed by atoms with Crippen LogP contribution in [0.3, 0.4) is 0 Å². The number of carbonyl (C=O) groups excluding carboxylic acids is 2. The van der Waals surface area contributed by atoms with Crippen molar-refractivity contribution >= 4 is 27.8 Å². The van der Waals surface area contributed by atoms with E-state index in [-0.39, 0.29) is 6.61 Å². The van der Waals surface area contributed by atoms with Crippen molar-refractivity contribution in [1.82, 2.24) is 5.32 Å². The molecule has 6 nitrogen and oxygen atoms in total. The Morgan fingerprint density at radius 1 is 1.36 bits per heavy atom. The topological polar surface area (TPSA) is 88.4 Å². The summed E-state index contributed by atoms with van der Waals surface area (Å²) < 4.78 is 11.3. The second-order valence-corrected chi connectivity index (χ2v) is 7.04. The summed E-state index contributed by atoms with van der Waals surface area (Å²) in [5.74, 6) is -0.578. The molecule has 0 aromatic heterocycles. The second-order valence-electron chi connectivity index (χ2n) is 6.12. The molecule has 1 atom stereocenters. The molecule has 134 valence electrons. The van der Waals surface area contributed by atoms with E-state index in [4.69, 9.17) is 9.47 Å². The maximum Gasteiger partial charge on any atom is 0.344 e. The Bertz CT molecular complexity index is 665. The molecular weight excluding hydrogens is 388 g/mol. The Balaban J connectivity index is 1.81. The Hall–Kier alpha value is -2.07. The van der Waals surface area contributed by atoms with Crippen LogP contribution in [0.25, 0.3) is 0 Å². The van der Waals surface area contributed by atoms with E-state index in [1.165, 1.54) is 6.92 Å². The molecule has 0 bridgehead atoms. The van der Waals surface area contributed by atoms with Gasteiger partial charge in [-0.1, -0.05) is 41.3 Å². The zero-order chi connectivity index (χ0) is 18.3. The Morgan fingerprint density at radius 2 is 2.08 bits per heavy atom. The summed E-state index contributed by atoms with van der Waals surface area (Å²) >= 11 is 3.31. The summed E-state index contributed by atoms with van der Waals surface area (Å²) in [4.78, 5) is 24.1. The molecule has 1 fully saturated rings. The van der Waals surface area contributed by atoms with Crippen LogP contribution in [0, 0.1) is 11.3 Å². The van der Waals surface area contributed by atoms with Crippen LogP contribution in [-0.4, -0.2) is 30.1 Å². The van der Waals surface area contributed by atoms with Gasteiger partial charge in [-0.05, 0) is 38.0 Å². The summed E-state index contributed by atoms with van der Waals surface area (Å²) in [6, 6.07) is 9.27. The van der Waals surface area contributed by atoms with Crippen molar-refractivity contribution in [2.24, 2.45) is 0 Å². The predicted molar refractivity (Wildman–Crippen MR) is 94.8 cm³/mol. The fourth-order valence-corrected chi connectivity index (χ4v) is 3.12. The molecule has 25 heavy (non-hydrogen) atoms. The number of nitriles is 1. The largest absolute Gasteiger partial charge is 0.482 e. The number of benzene rings is 1. The maximum absolute atomic E-state index is 12.2. The lowest BCUT2D eigenvalue weighted by Gasteiger charge is -2.32. The number of nitrogens with zero attached hydrogens (tertiary/aromatic N) is 1. The molecular formula is C18H21BrN2O4. The number of halogens is 1. The van der Waals surface area contributed by atoms with E-state index < -0.39 is 23.5 Å². The lowest BCUT2D eigenvalue weighted by atomic mass is 9.83. The number of nitrogens with one attached hydrogen (secondary N) is 1. The molecule has 7 heteroatoms. The van der Waals surface area contributed by atoms with Crippen molar-refractivity contribution in [3.63, 3.8) is 0 Å². The van der Waals surface area contributed by atoms with Gasteiger partial charge in [-0.25, -0.2) is 4.79 Å². The Kier molecular flexibility index (Phi) is 6.82. The first kappa shape index (κ1) is 19.3. The van der Waals surface area contributed by atoms with E-state index in [0.29, 0.717) is 18.6 Å². The van der Waals surface area contributed by atoms with Gasteiger partial charge in [0.25, 0.3) is 5.91 Å². The fourth-order valence-electron chi connectivity index (χ4n) is 2.74. The Morgan fingerprint density at radius 3 is 2.72 bits per heavy atom. The summed E-state index contributed by atoms with van der Waals surface area (Å²) in [6.45, 7) is 1.19. The van der Waals surface area contributed by atoms with Crippen LogP contribution in [0.4, 0.5) is 0 Å². The molecule has 1 aliphatic carbocycles.